The van der Waals surface area contributed by atoms with E-state index < -0.39 is 6.10 Å². The van der Waals surface area contributed by atoms with E-state index in [0.29, 0.717) is 23.2 Å². The lowest BCUT2D eigenvalue weighted by atomic mass is 9.96. The number of rotatable bonds is 5. The first-order chi connectivity index (χ1) is 11.1. The van der Waals surface area contributed by atoms with Crippen LogP contribution < -0.4 is 0 Å². The Morgan fingerprint density at radius 3 is 2.91 bits per heavy atom. The van der Waals surface area contributed by atoms with Crippen LogP contribution in [0, 0.1) is 5.82 Å². The van der Waals surface area contributed by atoms with Gasteiger partial charge in [0.15, 0.2) is 0 Å². The molecule has 0 fully saturated rings. The van der Waals surface area contributed by atoms with Gasteiger partial charge in [0.1, 0.15) is 17.8 Å². The normalized spacial score (nSPS) is 12.5. The first kappa shape index (κ1) is 15.4. The average molecular weight is 315 g/mol. The Bertz CT molecular complexity index is 808. The predicted octanol–water partition coefficient (Wildman–Crippen LogP) is 3.34. The van der Waals surface area contributed by atoms with Gasteiger partial charge < -0.3 is 9.63 Å². The molecule has 0 amide bonds. The van der Waals surface area contributed by atoms with Gasteiger partial charge in [-0.05, 0) is 43.2 Å². The summed E-state index contributed by atoms with van der Waals surface area (Å²) >= 11 is 0. The largest absolute Gasteiger partial charge is 0.389 e. The zero-order chi connectivity index (χ0) is 16.4. The number of nitrogens with zero attached hydrogens (tertiary/aromatic N) is 3. The summed E-state index contributed by atoms with van der Waals surface area (Å²) in [4.78, 5) is 0. The highest BCUT2D eigenvalue weighted by Gasteiger charge is 2.18. The topological polar surface area (TPSA) is 64.1 Å². The molecular weight excluding hydrogens is 297 g/mol. The number of aromatic nitrogens is 3. The van der Waals surface area contributed by atoms with Crippen LogP contribution in [0.15, 0.2) is 41.4 Å². The van der Waals surface area contributed by atoms with E-state index in [4.69, 9.17) is 4.52 Å². The van der Waals surface area contributed by atoms with Crippen LogP contribution >= 0.6 is 0 Å². The van der Waals surface area contributed by atoms with Crippen molar-refractivity contribution >= 4 is 0 Å². The fourth-order valence-corrected chi connectivity index (χ4v) is 2.59. The molecule has 1 N–H and O–H groups in total. The van der Waals surface area contributed by atoms with Crippen LogP contribution in [0.25, 0.3) is 11.3 Å². The lowest BCUT2D eigenvalue weighted by molar-refractivity contribution is 0.199. The molecule has 120 valence electrons. The molecule has 0 aliphatic rings. The Balaban J connectivity index is 1.98. The number of halogens is 1. The van der Waals surface area contributed by atoms with Crippen molar-refractivity contribution in [1.29, 1.82) is 0 Å². The van der Waals surface area contributed by atoms with Gasteiger partial charge in [-0.15, -0.1) is 0 Å². The molecule has 3 rings (SSSR count). The van der Waals surface area contributed by atoms with E-state index in [1.807, 2.05) is 17.8 Å². The molecule has 0 aliphatic carbocycles. The summed E-state index contributed by atoms with van der Waals surface area (Å²) in [6, 6.07) is 4.30. The standard InChI is InChI=1S/C17H18FN3O2/c1-3-21-9-12(8-19-21)6-13-10-23-20-17(13)15-5-4-14(18)7-16(15)11(2)22/h4-5,7-11,22H,3,6H2,1-2H3. The number of benzene rings is 1. The lowest BCUT2D eigenvalue weighted by Gasteiger charge is -2.11. The highest BCUT2D eigenvalue weighted by Crippen LogP contribution is 2.31. The Hall–Kier alpha value is -2.47. The van der Waals surface area contributed by atoms with Gasteiger partial charge in [-0.25, -0.2) is 4.39 Å². The summed E-state index contributed by atoms with van der Waals surface area (Å²) in [6.45, 7) is 4.43. The molecule has 5 nitrogen and oxygen atoms in total. The summed E-state index contributed by atoms with van der Waals surface area (Å²) < 4.78 is 20.4. The average Bonchev–Trinajstić information content (AvgIpc) is 3.17. The minimum absolute atomic E-state index is 0.390. The van der Waals surface area contributed by atoms with Crippen molar-refractivity contribution in [2.45, 2.75) is 32.9 Å². The minimum atomic E-state index is -0.798. The van der Waals surface area contributed by atoms with Gasteiger partial charge in [0.05, 0.1) is 12.3 Å². The number of aryl methyl sites for hydroxylation is 1. The zero-order valence-electron chi connectivity index (χ0n) is 13.0. The van der Waals surface area contributed by atoms with E-state index in [9.17, 15) is 9.50 Å². The van der Waals surface area contributed by atoms with Crippen molar-refractivity contribution in [3.8, 4) is 11.3 Å². The Labute approximate surface area is 133 Å². The van der Waals surface area contributed by atoms with Crippen LogP contribution in [0.3, 0.4) is 0 Å². The van der Waals surface area contributed by atoms with E-state index in [1.165, 1.54) is 12.1 Å². The summed E-state index contributed by atoms with van der Waals surface area (Å²) in [7, 11) is 0. The van der Waals surface area contributed by atoms with Crippen molar-refractivity contribution in [1.82, 2.24) is 14.9 Å². The van der Waals surface area contributed by atoms with Crippen LogP contribution in [0.5, 0.6) is 0 Å². The third-order valence-corrected chi connectivity index (χ3v) is 3.77. The summed E-state index contributed by atoms with van der Waals surface area (Å²) in [5, 5.41) is 18.2. The highest BCUT2D eigenvalue weighted by atomic mass is 19.1. The second-order valence-electron chi connectivity index (χ2n) is 5.48. The number of hydrogen-bond donors (Lipinski definition) is 1. The maximum atomic E-state index is 13.5. The molecule has 0 saturated heterocycles. The molecule has 6 heteroatoms. The molecule has 1 aromatic carbocycles. The maximum absolute atomic E-state index is 13.5. The van der Waals surface area contributed by atoms with Gasteiger partial charge >= 0.3 is 0 Å². The number of aliphatic hydroxyl groups is 1. The van der Waals surface area contributed by atoms with E-state index in [0.717, 1.165) is 17.7 Å². The van der Waals surface area contributed by atoms with Crippen molar-refractivity contribution in [2.75, 3.05) is 0 Å². The fraction of sp³-hybridized carbons (Fsp3) is 0.294. The molecule has 0 radical (unpaired) electrons. The third kappa shape index (κ3) is 3.17. The van der Waals surface area contributed by atoms with Crippen LogP contribution in [0.1, 0.15) is 36.6 Å². The van der Waals surface area contributed by atoms with E-state index in [-0.39, 0.29) is 5.82 Å². The summed E-state index contributed by atoms with van der Waals surface area (Å²) in [6.07, 6.45) is 5.16. The van der Waals surface area contributed by atoms with Crippen molar-refractivity contribution in [3.63, 3.8) is 0 Å². The molecule has 2 heterocycles. The quantitative estimate of drug-likeness (QED) is 0.784. The molecule has 0 saturated carbocycles. The third-order valence-electron chi connectivity index (χ3n) is 3.77. The van der Waals surface area contributed by atoms with Crippen LogP contribution in [0.2, 0.25) is 0 Å². The van der Waals surface area contributed by atoms with Crippen LogP contribution in [0.4, 0.5) is 4.39 Å². The predicted molar refractivity (Wildman–Crippen MR) is 83.2 cm³/mol. The Morgan fingerprint density at radius 1 is 1.39 bits per heavy atom. The van der Waals surface area contributed by atoms with Gasteiger partial charge in [-0.1, -0.05) is 5.16 Å². The maximum Gasteiger partial charge on any atom is 0.127 e. The number of aliphatic hydroxyl groups excluding tert-OH is 1. The number of hydrogen-bond acceptors (Lipinski definition) is 4. The molecule has 1 atom stereocenters. The van der Waals surface area contributed by atoms with E-state index in [2.05, 4.69) is 10.3 Å². The van der Waals surface area contributed by atoms with Gasteiger partial charge in [-0.2, -0.15) is 5.10 Å². The molecule has 3 aromatic rings. The Morgan fingerprint density at radius 2 is 2.22 bits per heavy atom. The minimum Gasteiger partial charge on any atom is -0.389 e. The van der Waals surface area contributed by atoms with E-state index >= 15 is 0 Å². The van der Waals surface area contributed by atoms with Gasteiger partial charge in [0.25, 0.3) is 0 Å². The Kier molecular flexibility index (Phi) is 4.25. The summed E-state index contributed by atoms with van der Waals surface area (Å²) in [5.74, 6) is -0.390. The first-order valence-corrected chi connectivity index (χ1v) is 7.51. The highest BCUT2D eigenvalue weighted by molar-refractivity contribution is 5.67. The monoisotopic (exact) mass is 315 g/mol. The second-order valence-corrected chi connectivity index (χ2v) is 5.48. The van der Waals surface area contributed by atoms with Crippen molar-refractivity contribution in [3.05, 3.63) is 59.4 Å². The molecule has 0 aliphatic heterocycles. The zero-order valence-corrected chi connectivity index (χ0v) is 13.0. The lowest BCUT2D eigenvalue weighted by Crippen LogP contribution is -1.98. The molecular formula is C17H18FN3O2. The van der Waals surface area contributed by atoms with Gasteiger partial charge in [-0.3, -0.25) is 4.68 Å². The molecule has 0 spiro atoms. The molecule has 1 unspecified atom stereocenters. The second kappa shape index (κ2) is 6.34. The smallest absolute Gasteiger partial charge is 0.127 e. The van der Waals surface area contributed by atoms with Gasteiger partial charge in [0.2, 0.25) is 0 Å². The summed E-state index contributed by atoms with van der Waals surface area (Å²) in [5.41, 5.74) is 3.69. The fourth-order valence-electron chi connectivity index (χ4n) is 2.59. The van der Waals surface area contributed by atoms with Crippen molar-refractivity contribution < 1.29 is 14.0 Å². The molecule has 2 aromatic heterocycles. The first-order valence-electron chi connectivity index (χ1n) is 7.51. The van der Waals surface area contributed by atoms with E-state index in [1.54, 1.807) is 25.5 Å². The van der Waals surface area contributed by atoms with Crippen LogP contribution in [-0.2, 0) is 13.0 Å². The molecule has 0 bridgehead atoms. The molecule has 23 heavy (non-hydrogen) atoms. The SMILES string of the molecule is CCn1cc(Cc2conc2-c2ccc(F)cc2C(C)O)cn1. The van der Waals surface area contributed by atoms with Crippen LogP contribution in [-0.4, -0.2) is 20.0 Å². The van der Waals surface area contributed by atoms with Gasteiger partial charge in [0, 0.05) is 30.3 Å². The van der Waals surface area contributed by atoms with Crippen molar-refractivity contribution in [2.24, 2.45) is 0 Å².